The lowest BCUT2D eigenvalue weighted by molar-refractivity contribution is 0.0954. The molecule has 0 spiro atoms. The van der Waals surface area contributed by atoms with E-state index in [-0.39, 0.29) is 10.8 Å². The van der Waals surface area contributed by atoms with Gasteiger partial charge in [-0.3, -0.25) is 4.79 Å². The second-order valence-electron chi connectivity index (χ2n) is 7.82. The van der Waals surface area contributed by atoms with E-state index in [0.717, 1.165) is 31.4 Å². The highest BCUT2D eigenvalue weighted by atomic mass is 32.2. The lowest BCUT2D eigenvalue weighted by Crippen LogP contribution is -2.35. The van der Waals surface area contributed by atoms with Gasteiger partial charge in [-0.2, -0.15) is 8.42 Å². The fourth-order valence-corrected chi connectivity index (χ4v) is 5.36. The van der Waals surface area contributed by atoms with Gasteiger partial charge in [-0.05, 0) is 55.2 Å². The van der Waals surface area contributed by atoms with E-state index in [1.54, 1.807) is 26.4 Å². The minimum atomic E-state index is -3.82. The van der Waals surface area contributed by atoms with Gasteiger partial charge in [0.2, 0.25) is 0 Å². The SMILES string of the molecule is COc1ccc(CCNC(=O)c2ccc3c(c2)S(=O)(=O)N=C2CCCCCN23)cc1OC. The Morgan fingerprint density at radius 3 is 2.66 bits per heavy atom. The van der Waals surface area contributed by atoms with Gasteiger partial charge in [-0.1, -0.05) is 12.5 Å². The van der Waals surface area contributed by atoms with Crippen molar-refractivity contribution in [2.45, 2.75) is 37.0 Å². The fraction of sp³-hybridized carbons (Fsp3) is 0.391. The maximum atomic E-state index is 12.8. The van der Waals surface area contributed by atoms with Crippen molar-refractivity contribution in [3.8, 4) is 11.5 Å². The number of methoxy groups -OCH3 is 2. The largest absolute Gasteiger partial charge is 0.493 e. The van der Waals surface area contributed by atoms with Crippen molar-refractivity contribution >= 4 is 27.5 Å². The van der Waals surface area contributed by atoms with E-state index in [2.05, 4.69) is 9.71 Å². The van der Waals surface area contributed by atoms with Crippen LogP contribution in [-0.2, 0) is 16.4 Å². The number of amidine groups is 1. The Balaban J connectivity index is 1.47. The molecule has 0 saturated carbocycles. The normalized spacial score (nSPS) is 16.8. The number of hydrogen-bond donors (Lipinski definition) is 1. The van der Waals surface area contributed by atoms with Crippen molar-refractivity contribution in [1.29, 1.82) is 0 Å². The Hall–Kier alpha value is -3.07. The number of sulfonamides is 1. The number of benzene rings is 2. The van der Waals surface area contributed by atoms with Gasteiger partial charge in [-0.15, -0.1) is 4.40 Å². The summed E-state index contributed by atoms with van der Waals surface area (Å²) < 4.78 is 40.1. The summed E-state index contributed by atoms with van der Waals surface area (Å²) in [4.78, 5) is 14.8. The third-order valence-electron chi connectivity index (χ3n) is 5.76. The number of nitrogens with zero attached hydrogens (tertiary/aromatic N) is 2. The molecule has 0 unspecified atom stereocenters. The van der Waals surface area contributed by atoms with Gasteiger partial charge >= 0.3 is 0 Å². The third-order valence-corrected chi connectivity index (χ3v) is 7.09. The number of fused-ring (bicyclic) bond motifs is 3. The lowest BCUT2D eigenvalue weighted by atomic mass is 10.1. The van der Waals surface area contributed by atoms with Crippen molar-refractivity contribution in [2.24, 2.45) is 4.40 Å². The number of carbonyl (C=O) groups excluding carboxylic acids is 1. The molecule has 1 saturated heterocycles. The summed E-state index contributed by atoms with van der Waals surface area (Å²) in [6.45, 7) is 1.13. The summed E-state index contributed by atoms with van der Waals surface area (Å²) in [5, 5.41) is 2.86. The number of ether oxygens (including phenoxy) is 2. The first-order valence-corrected chi connectivity index (χ1v) is 12.1. The molecule has 170 valence electrons. The molecule has 2 aromatic rings. The quantitative estimate of drug-likeness (QED) is 0.716. The van der Waals surface area contributed by atoms with Crippen LogP contribution in [0.1, 0.15) is 41.6 Å². The first-order valence-electron chi connectivity index (χ1n) is 10.7. The molecule has 2 aliphatic rings. The van der Waals surface area contributed by atoms with Crippen LogP contribution in [0.25, 0.3) is 0 Å². The summed E-state index contributed by atoms with van der Waals surface area (Å²) in [5.74, 6) is 1.55. The Morgan fingerprint density at radius 2 is 1.88 bits per heavy atom. The number of rotatable bonds is 6. The van der Waals surface area contributed by atoms with Gasteiger partial charge in [0.05, 0.1) is 19.9 Å². The van der Waals surface area contributed by atoms with Crippen LogP contribution in [0.4, 0.5) is 5.69 Å². The number of carbonyl (C=O) groups is 1. The predicted molar refractivity (Wildman–Crippen MR) is 122 cm³/mol. The Labute approximate surface area is 188 Å². The van der Waals surface area contributed by atoms with Crippen molar-refractivity contribution in [1.82, 2.24) is 5.32 Å². The van der Waals surface area contributed by atoms with Crippen LogP contribution in [0.2, 0.25) is 0 Å². The molecule has 0 bridgehead atoms. The molecular weight excluding hydrogens is 430 g/mol. The number of anilines is 1. The van der Waals surface area contributed by atoms with Crippen LogP contribution in [0, 0.1) is 0 Å². The zero-order chi connectivity index (χ0) is 22.7. The second-order valence-corrected chi connectivity index (χ2v) is 9.40. The smallest absolute Gasteiger partial charge is 0.286 e. The van der Waals surface area contributed by atoms with Gasteiger partial charge in [0.25, 0.3) is 15.9 Å². The first kappa shape index (κ1) is 22.1. The summed E-state index contributed by atoms with van der Waals surface area (Å²) in [7, 11) is -0.668. The molecule has 2 aliphatic heterocycles. The Bertz CT molecular complexity index is 1160. The van der Waals surface area contributed by atoms with Gasteiger partial charge < -0.3 is 19.7 Å². The van der Waals surface area contributed by atoms with Crippen LogP contribution >= 0.6 is 0 Å². The zero-order valence-corrected chi connectivity index (χ0v) is 19.1. The fourth-order valence-electron chi connectivity index (χ4n) is 4.08. The van der Waals surface area contributed by atoms with Gasteiger partial charge in [0.1, 0.15) is 10.7 Å². The summed E-state index contributed by atoms with van der Waals surface area (Å²) in [6.07, 6.45) is 4.21. The molecular formula is C23H27N3O5S. The average molecular weight is 458 g/mol. The third kappa shape index (κ3) is 4.43. The molecule has 0 atom stereocenters. The van der Waals surface area contributed by atoms with Gasteiger partial charge in [0, 0.05) is 25.1 Å². The van der Waals surface area contributed by atoms with Crippen LogP contribution in [0.3, 0.4) is 0 Å². The first-order chi connectivity index (χ1) is 15.4. The highest BCUT2D eigenvalue weighted by molar-refractivity contribution is 7.90. The average Bonchev–Trinajstić information content (AvgIpc) is 3.03. The molecule has 0 aliphatic carbocycles. The lowest BCUT2D eigenvalue weighted by Gasteiger charge is -2.29. The maximum absolute atomic E-state index is 12.8. The summed E-state index contributed by atoms with van der Waals surface area (Å²) >= 11 is 0. The summed E-state index contributed by atoms with van der Waals surface area (Å²) in [5.41, 5.74) is 1.89. The van der Waals surface area contributed by atoms with E-state index in [9.17, 15) is 13.2 Å². The molecule has 32 heavy (non-hydrogen) atoms. The van der Waals surface area contributed by atoms with Crippen molar-refractivity contribution in [3.05, 3.63) is 47.5 Å². The van der Waals surface area contributed by atoms with E-state index < -0.39 is 10.0 Å². The highest BCUT2D eigenvalue weighted by Crippen LogP contribution is 2.35. The van der Waals surface area contributed by atoms with E-state index in [1.165, 1.54) is 6.07 Å². The van der Waals surface area contributed by atoms with Crippen LogP contribution in [0.15, 0.2) is 45.7 Å². The molecule has 2 heterocycles. The number of amides is 1. The van der Waals surface area contributed by atoms with Crippen LogP contribution in [0.5, 0.6) is 11.5 Å². The van der Waals surface area contributed by atoms with E-state index >= 15 is 0 Å². The van der Waals surface area contributed by atoms with E-state index in [4.69, 9.17) is 9.47 Å². The van der Waals surface area contributed by atoms with Crippen molar-refractivity contribution in [3.63, 3.8) is 0 Å². The van der Waals surface area contributed by atoms with Gasteiger partial charge in [0.15, 0.2) is 11.5 Å². The molecule has 1 fully saturated rings. The minimum Gasteiger partial charge on any atom is -0.493 e. The number of hydrogen-bond acceptors (Lipinski definition) is 6. The molecule has 4 rings (SSSR count). The summed E-state index contributed by atoms with van der Waals surface area (Å²) in [6, 6.07) is 10.4. The van der Waals surface area contributed by atoms with E-state index in [1.807, 2.05) is 23.1 Å². The molecule has 1 amide bonds. The van der Waals surface area contributed by atoms with Gasteiger partial charge in [-0.25, -0.2) is 0 Å². The Morgan fingerprint density at radius 1 is 1.06 bits per heavy atom. The second kappa shape index (κ2) is 9.20. The molecule has 8 nitrogen and oxygen atoms in total. The Kier molecular flexibility index (Phi) is 6.36. The number of nitrogens with one attached hydrogen (secondary N) is 1. The highest BCUT2D eigenvalue weighted by Gasteiger charge is 2.32. The molecule has 0 radical (unpaired) electrons. The van der Waals surface area contributed by atoms with E-state index in [0.29, 0.717) is 48.0 Å². The molecule has 9 heteroatoms. The monoisotopic (exact) mass is 457 g/mol. The van der Waals surface area contributed by atoms with Crippen LogP contribution in [-0.4, -0.2) is 47.5 Å². The van der Waals surface area contributed by atoms with Crippen LogP contribution < -0.4 is 19.7 Å². The van der Waals surface area contributed by atoms with Crippen molar-refractivity contribution in [2.75, 3.05) is 32.2 Å². The molecule has 0 aromatic heterocycles. The minimum absolute atomic E-state index is 0.0932. The topological polar surface area (TPSA) is 97.3 Å². The zero-order valence-electron chi connectivity index (χ0n) is 18.3. The maximum Gasteiger partial charge on any atom is 0.286 e. The standard InChI is InChI=1S/C23H27N3O5S/c1-30-19-10-7-16(14-20(19)31-2)11-12-24-23(27)17-8-9-18-21(15-17)32(28,29)25-22-6-4-3-5-13-26(18)22/h7-10,14-15H,3-6,11-13H2,1-2H3,(H,24,27). The van der Waals surface area contributed by atoms with Crippen molar-refractivity contribution < 1.29 is 22.7 Å². The predicted octanol–water partition coefficient (Wildman–Crippen LogP) is 3.16. The molecule has 1 N–H and O–H groups in total. The molecule has 2 aromatic carbocycles.